The van der Waals surface area contributed by atoms with E-state index in [2.05, 4.69) is 6.58 Å². The van der Waals surface area contributed by atoms with E-state index in [4.69, 9.17) is 9.47 Å². The SMILES string of the molecule is C=CCCC1CCC(COc2ccc(OC=CC)c(F)c2F)CC1. The van der Waals surface area contributed by atoms with Crippen molar-refractivity contribution in [3.63, 3.8) is 0 Å². The number of hydrogen-bond acceptors (Lipinski definition) is 2. The highest BCUT2D eigenvalue weighted by Gasteiger charge is 2.22. The Morgan fingerprint density at radius 2 is 1.71 bits per heavy atom. The standard InChI is InChI=1S/C20H26F2O2/c1-3-5-6-15-7-9-16(10-8-15)14-24-18-12-11-17(23-13-4-2)19(21)20(18)22/h3-4,11-13,15-16H,1,5-10,14H2,2H3. The summed E-state index contributed by atoms with van der Waals surface area (Å²) in [6, 6.07) is 2.81. The second kappa shape index (κ2) is 9.45. The summed E-state index contributed by atoms with van der Waals surface area (Å²) >= 11 is 0. The Labute approximate surface area is 143 Å². The first-order valence-corrected chi connectivity index (χ1v) is 8.65. The van der Waals surface area contributed by atoms with Crippen molar-refractivity contribution >= 4 is 0 Å². The molecule has 0 atom stereocenters. The average molecular weight is 336 g/mol. The number of rotatable bonds is 8. The number of hydrogen-bond donors (Lipinski definition) is 0. The topological polar surface area (TPSA) is 18.5 Å². The Balaban J connectivity index is 1.84. The number of allylic oxidation sites excluding steroid dienone is 2. The molecule has 0 aromatic heterocycles. The van der Waals surface area contributed by atoms with Crippen molar-refractivity contribution in [3.05, 3.63) is 48.8 Å². The molecule has 1 aromatic carbocycles. The van der Waals surface area contributed by atoms with Crippen LogP contribution in [0.5, 0.6) is 11.5 Å². The van der Waals surface area contributed by atoms with Crippen molar-refractivity contribution < 1.29 is 18.3 Å². The number of halogens is 2. The molecule has 1 aliphatic rings. The highest BCUT2D eigenvalue weighted by atomic mass is 19.2. The summed E-state index contributed by atoms with van der Waals surface area (Å²) in [5.74, 6) is -1.02. The quantitative estimate of drug-likeness (QED) is 0.426. The predicted molar refractivity (Wildman–Crippen MR) is 92.2 cm³/mol. The molecule has 1 aromatic rings. The highest BCUT2D eigenvalue weighted by Crippen LogP contribution is 2.33. The van der Waals surface area contributed by atoms with Gasteiger partial charge in [-0.3, -0.25) is 0 Å². The summed E-state index contributed by atoms with van der Waals surface area (Å²) in [5.41, 5.74) is 0. The van der Waals surface area contributed by atoms with Crippen molar-refractivity contribution in [2.24, 2.45) is 11.8 Å². The van der Waals surface area contributed by atoms with E-state index in [9.17, 15) is 8.78 Å². The zero-order valence-electron chi connectivity index (χ0n) is 14.3. The maximum absolute atomic E-state index is 14.0. The lowest BCUT2D eigenvalue weighted by atomic mass is 9.80. The minimum atomic E-state index is -1.02. The first-order chi connectivity index (χ1) is 11.7. The molecular formula is C20H26F2O2. The van der Waals surface area contributed by atoms with Gasteiger partial charge in [0, 0.05) is 0 Å². The summed E-state index contributed by atoms with van der Waals surface area (Å²) in [5, 5.41) is 0. The van der Waals surface area contributed by atoms with E-state index in [0.717, 1.165) is 25.2 Å². The fourth-order valence-corrected chi connectivity index (χ4v) is 3.11. The smallest absolute Gasteiger partial charge is 0.205 e. The highest BCUT2D eigenvalue weighted by molar-refractivity contribution is 5.35. The van der Waals surface area contributed by atoms with Crippen LogP contribution in [0.4, 0.5) is 8.78 Å². The summed E-state index contributed by atoms with van der Waals surface area (Å²) in [6.45, 7) is 5.93. The van der Waals surface area contributed by atoms with E-state index in [-0.39, 0.29) is 11.5 Å². The summed E-state index contributed by atoms with van der Waals surface area (Å²) in [7, 11) is 0. The molecule has 0 unspecified atom stereocenters. The first kappa shape index (κ1) is 18.5. The molecule has 1 saturated carbocycles. The molecule has 1 fully saturated rings. The van der Waals surface area contributed by atoms with E-state index in [1.807, 2.05) is 6.08 Å². The van der Waals surface area contributed by atoms with Crippen LogP contribution in [0, 0.1) is 23.5 Å². The zero-order chi connectivity index (χ0) is 17.4. The Morgan fingerprint density at radius 1 is 1.08 bits per heavy atom. The molecule has 0 bridgehead atoms. The number of benzene rings is 1. The maximum atomic E-state index is 14.0. The third kappa shape index (κ3) is 5.08. The van der Waals surface area contributed by atoms with Crippen molar-refractivity contribution in [1.82, 2.24) is 0 Å². The van der Waals surface area contributed by atoms with Gasteiger partial charge in [-0.05, 0) is 56.6 Å². The second-order valence-electron chi connectivity index (χ2n) is 6.34. The van der Waals surface area contributed by atoms with Crippen molar-refractivity contribution in [2.45, 2.75) is 45.4 Å². The fourth-order valence-electron chi connectivity index (χ4n) is 3.11. The third-order valence-electron chi connectivity index (χ3n) is 4.56. The molecule has 24 heavy (non-hydrogen) atoms. The predicted octanol–water partition coefficient (Wildman–Crippen LogP) is 6.03. The largest absolute Gasteiger partial charge is 0.490 e. The van der Waals surface area contributed by atoms with Crippen LogP contribution in [0.15, 0.2) is 37.1 Å². The Bertz CT molecular complexity index is 561. The normalized spacial score (nSPS) is 21.0. The molecule has 1 aliphatic carbocycles. The molecule has 0 N–H and O–H groups in total. The second-order valence-corrected chi connectivity index (χ2v) is 6.34. The van der Waals surface area contributed by atoms with Crippen LogP contribution in [0.2, 0.25) is 0 Å². The lowest BCUT2D eigenvalue weighted by molar-refractivity contribution is 0.174. The van der Waals surface area contributed by atoms with Gasteiger partial charge in [0.25, 0.3) is 0 Å². The van der Waals surface area contributed by atoms with Crippen LogP contribution < -0.4 is 9.47 Å². The first-order valence-electron chi connectivity index (χ1n) is 8.65. The molecule has 0 saturated heterocycles. The van der Waals surface area contributed by atoms with Crippen molar-refractivity contribution in [1.29, 1.82) is 0 Å². The maximum Gasteiger partial charge on any atom is 0.205 e. The van der Waals surface area contributed by atoms with Gasteiger partial charge in [-0.1, -0.05) is 25.0 Å². The molecule has 4 heteroatoms. The van der Waals surface area contributed by atoms with Crippen molar-refractivity contribution in [2.75, 3.05) is 6.61 Å². The summed E-state index contributed by atoms with van der Waals surface area (Å²) in [6.07, 6.45) is 11.7. The van der Waals surface area contributed by atoms with Crippen LogP contribution in [-0.4, -0.2) is 6.61 Å². The Kier molecular flexibility index (Phi) is 7.29. The van der Waals surface area contributed by atoms with Crippen LogP contribution in [-0.2, 0) is 0 Å². The van der Waals surface area contributed by atoms with Gasteiger partial charge in [-0.15, -0.1) is 6.58 Å². The Hall–Kier alpha value is -1.84. The fraction of sp³-hybridized carbons (Fsp3) is 0.500. The van der Waals surface area contributed by atoms with E-state index in [0.29, 0.717) is 12.5 Å². The van der Waals surface area contributed by atoms with E-state index in [1.165, 1.54) is 37.7 Å². The monoisotopic (exact) mass is 336 g/mol. The molecule has 0 radical (unpaired) electrons. The van der Waals surface area contributed by atoms with Crippen LogP contribution >= 0.6 is 0 Å². The van der Waals surface area contributed by atoms with E-state index < -0.39 is 11.6 Å². The molecular weight excluding hydrogens is 310 g/mol. The van der Waals surface area contributed by atoms with E-state index >= 15 is 0 Å². The summed E-state index contributed by atoms with van der Waals surface area (Å²) < 4.78 is 38.5. The molecule has 0 amide bonds. The molecule has 0 aliphatic heterocycles. The van der Waals surface area contributed by atoms with Gasteiger partial charge in [0.05, 0.1) is 12.9 Å². The lowest BCUT2D eigenvalue weighted by Crippen LogP contribution is -2.20. The summed E-state index contributed by atoms with van der Waals surface area (Å²) in [4.78, 5) is 0. The van der Waals surface area contributed by atoms with Crippen LogP contribution in [0.25, 0.3) is 0 Å². The van der Waals surface area contributed by atoms with E-state index in [1.54, 1.807) is 13.0 Å². The van der Waals surface area contributed by atoms with Crippen LogP contribution in [0.1, 0.15) is 45.4 Å². The van der Waals surface area contributed by atoms with Crippen molar-refractivity contribution in [3.8, 4) is 11.5 Å². The average Bonchev–Trinajstić information content (AvgIpc) is 2.61. The minimum absolute atomic E-state index is 0.0471. The van der Waals surface area contributed by atoms with Gasteiger partial charge in [-0.25, -0.2) is 0 Å². The number of ether oxygens (including phenoxy) is 2. The van der Waals surface area contributed by atoms with Gasteiger partial charge >= 0.3 is 0 Å². The van der Waals surface area contributed by atoms with Gasteiger partial charge in [0.15, 0.2) is 11.5 Å². The molecule has 2 nitrogen and oxygen atoms in total. The molecule has 132 valence electrons. The van der Waals surface area contributed by atoms with Crippen LogP contribution in [0.3, 0.4) is 0 Å². The molecule has 2 rings (SSSR count). The van der Waals surface area contributed by atoms with Gasteiger partial charge < -0.3 is 9.47 Å². The zero-order valence-corrected chi connectivity index (χ0v) is 14.3. The molecule has 0 heterocycles. The van der Waals surface area contributed by atoms with Gasteiger partial charge in [-0.2, -0.15) is 8.78 Å². The molecule has 0 spiro atoms. The van der Waals surface area contributed by atoms with Gasteiger partial charge in [0.1, 0.15) is 0 Å². The minimum Gasteiger partial charge on any atom is -0.490 e. The third-order valence-corrected chi connectivity index (χ3v) is 4.56. The Morgan fingerprint density at radius 3 is 2.38 bits per heavy atom. The lowest BCUT2D eigenvalue weighted by Gasteiger charge is -2.28. The van der Waals surface area contributed by atoms with Gasteiger partial charge in [0.2, 0.25) is 11.6 Å².